The van der Waals surface area contributed by atoms with Crippen molar-refractivity contribution in [1.29, 1.82) is 0 Å². The number of alkyl halides is 3. The molecule has 0 bridgehead atoms. The number of pyridine rings is 1. The minimum absolute atomic E-state index is 0.0975. The molecular formula is C13H15F3N2O. The summed E-state index contributed by atoms with van der Waals surface area (Å²) in [6.07, 6.45) is -0.197. The van der Waals surface area contributed by atoms with Gasteiger partial charge in [0.25, 0.3) is 0 Å². The number of nitrogens with zero attached hydrogens (tertiary/aromatic N) is 2. The number of amides is 1. The number of rotatable bonds is 2. The van der Waals surface area contributed by atoms with Crippen LogP contribution in [0.3, 0.4) is 0 Å². The van der Waals surface area contributed by atoms with Gasteiger partial charge in [-0.05, 0) is 38.3 Å². The number of hydrogen-bond acceptors (Lipinski definition) is 2. The van der Waals surface area contributed by atoms with Gasteiger partial charge in [-0.3, -0.25) is 9.78 Å². The van der Waals surface area contributed by atoms with Gasteiger partial charge < -0.3 is 4.90 Å². The molecule has 1 aromatic rings. The van der Waals surface area contributed by atoms with Crippen molar-refractivity contribution in [2.75, 3.05) is 0 Å². The summed E-state index contributed by atoms with van der Waals surface area (Å²) in [5, 5.41) is 0. The Bertz CT molecular complexity index is 444. The molecule has 2 unspecified atom stereocenters. The van der Waals surface area contributed by atoms with Crippen LogP contribution in [0.2, 0.25) is 0 Å². The lowest BCUT2D eigenvalue weighted by Gasteiger charge is -2.37. The zero-order chi connectivity index (χ0) is 14.0. The van der Waals surface area contributed by atoms with Crippen molar-refractivity contribution in [1.82, 2.24) is 9.88 Å². The first-order valence-electron chi connectivity index (χ1n) is 6.19. The van der Waals surface area contributed by atoms with Crippen molar-refractivity contribution in [3.8, 4) is 0 Å². The van der Waals surface area contributed by atoms with Gasteiger partial charge in [-0.2, -0.15) is 13.2 Å². The molecule has 2 atom stereocenters. The quantitative estimate of drug-likeness (QED) is 0.775. The molecule has 1 fully saturated rings. The summed E-state index contributed by atoms with van der Waals surface area (Å²) < 4.78 is 37.4. The summed E-state index contributed by atoms with van der Waals surface area (Å²) in [4.78, 5) is 16.6. The third-order valence-corrected chi connectivity index (χ3v) is 3.55. The number of carbonyl (C=O) groups excluding carboxylic acids is 1. The Labute approximate surface area is 109 Å². The highest BCUT2D eigenvalue weighted by molar-refractivity contribution is 5.49. The summed E-state index contributed by atoms with van der Waals surface area (Å²) in [5.41, 5.74) is -0.246. The predicted octanol–water partition coefficient (Wildman–Crippen LogP) is 3.17. The van der Waals surface area contributed by atoms with E-state index in [0.717, 1.165) is 37.9 Å². The summed E-state index contributed by atoms with van der Waals surface area (Å²) in [5.74, 6) is 0. The van der Waals surface area contributed by atoms with E-state index in [1.807, 2.05) is 6.92 Å². The molecule has 6 heteroatoms. The minimum atomic E-state index is -4.38. The zero-order valence-electron chi connectivity index (χ0n) is 10.5. The molecule has 0 N–H and O–H groups in total. The molecule has 0 saturated carbocycles. The van der Waals surface area contributed by atoms with Gasteiger partial charge in [0.2, 0.25) is 6.41 Å². The third kappa shape index (κ3) is 2.88. The molecule has 3 nitrogen and oxygen atoms in total. The Kier molecular flexibility index (Phi) is 3.78. The second-order valence-electron chi connectivity index (χ2n) is 4.82. The highest BCUT2D eigenvalue weighted by atomic mass is 19.4. The molecule has 104 valence electrons. The average molecular weight is 272 g/mol. The fourth-order valence-corrected chi connectivity index (χ4v) is 2.46. The largest absolute Gasteiger partial charge is 0.417 e. The number of hydrogen-bond donors (Lipinski definition) is 0. The Morgan fingerprint density at radius 1 is 1.37 bits per heavy atom. The Balaban J connectivity index is 2.23. The lowest BCUT2D eigenvalue weighted by molar-refractivity contribution is -0.138. The van der Waals surface area contributed by atoms with Crippen LogP contribution in [0.1, 0.15) is 43.5 Å². The maximum absolute atomic E-state index is 12.5. The van der Waals surface area contributed by atoms with E-state index in [-0.39, 0.29) is 12.1 Å². The van der Waals surface area contributed by atoms with Crippen LogP contribution < -0.4 is 0 Å². The summed E-state index contributed by atoms with van der Waals surface area (Å²) in [7, 11) is 0. The van der Waals surface area contributed by atoms with Crippen molar-refractivity contribution < 1.29 is 18.0 Å². The van der Waals surface area contributed by atoms with Crippen LogP contribution in [-0.2, 0) is 11.0 Å². The maximum atomic E-state index is 12.5. The van der Waals surface area contributed by atoms with Crippen LogP contribution >= 0.6 is 0 Å². The first-order valence-corrected chi connectivity index (χ1v) is 6.19. The normalized spacial score (nSPS) is 24.3. The number of halogens is 3. The van der Waals surface area contributed by atoms with Crippen molar-refractivity contribution in [3.63, 3.8) is 0 Å². The Morgan fingerprint density at radius 2 is 2.11 bits per heavy atom. The van der Waals surface area contributed by atoms with Gasteiger partial charge in [-0.15, -0.1) is 0 Å². The van der Waals surface area contributed by atoms with Gasteiger partial charge >= 0.3 is 6.18 Å². The van der Waals surface area contributed by atoms with Gasteiger partial charge in [0.15, 0.2) is 0 Å². The lowest BCUT2D eigenvalue weighted by Crippen LogP contribution is -2.39. The molecule has 19 heavy (non-hydrogen) atoms. The summed E-state index contributed by atoms with van der Waals surface area (Å²) in [6.45, 7) is 1.94. The summed E-state index contributed by atoms with van der Waals surface area (Å²) in [6, 6.07) is 2.26. The number of likely N-dealkylation sites (tertiary alicyclic amines) is 1. The van der Waals surface area contributed by atoms with E-state index in [1.54, 1.807) is 4.90 Å². The first kappa shape index (κ1) is 13.8. The molecule has 0 aliphatic carbocycles. The predicted molar refractivity (Wildman–Crippen MR) is 63.2 cm³/mol. The van der Waals surface area contributed by atoms with Gasteiger partial charge in [0, 0.05) is 12.2 Å². The van der Waals surface area contributed by atoms with Crippen LogP contribution in [-0.4, -0.2) is 22.3 Å². The van der Waals surface area contributed by atoms with Gasteiger partial charge in [0.1, 0.15) is 0 Å². The first-order chi connectivity index (χ1) is 8.93. The Morgan fingerprint density at radius 3 is 2.63 bits per heavy atom. The van der Waals surface area contributed by atoms with Gasteiger partial charge in [-0.25, -0.2) is 0 Å². The number of carbonyl (C=O) groups is 1. The van der Waals surface area contributed by atoms with Crippen molar-refractivity contribution >= 4 is 6.41 Å². The molecule has 0 spiro atoms. The lowest BCUT2D eigenvalue weighted by atomic mass is 9.94. The van der Waals surface area contributed by atoms with Crippen LogP contribution in [0.15, 0.2) is 18.3 Å². The van der Waals surface area contributed by atoms with Crippen LogP contribution in [0.25, 0.3) is 0 Å². The highest BCUT2D eigenvalue weighted by Gasteiger charge is 2.32. The molecule has 1 saturated heterocycles. The van der Waals surface area contributed by atoms with E-state index < -0.39 is 11.7 Å². The second kappa shape index (κ2) is 5.19. The Hall–Kier alpha value is -1.59. The van der Waals surface area contributed by atoms with E-state index in [0.29, 0.717) is 5.69 Å². The van der Waals surface area contributed by atoms with Gasteiger partial charge in [0.05, 0.1) is 17.3 Å². The zero-order valence-corrected chi connectivity index (χ0v) is 10.5. The standard InChI is InChI=1S/C13H15F3N2O/c1-9-3-2-4-12(18(9)8-19)11-6-5-10(7-17-11)13(14,15)16/h5-9,12H,2-4H2,1H3. The molecule has 1 aromatic heterocycles. The fourth-order valence-electron chi connectivity index (χ4n) is 2.46. The summed E-state index contributed by atoms with van der Waals surface area (Å²) >= 11 is 0. The smallest absolute Gasteiger partial charge is 0.334 e. The SMILES string of the molecule is CC1CCCC(c2ccc(C(F)(F)F)cn2)N1C=O. The van der Waals surface area contributed by atoms with E-state index in [2.05, 4.69) is 4.98 Å². The van der Waals surface area contributed by atoms with Crippen molar-refractivity contribution in [2.24, 2.45) is 0 Å². The molecule has 1 aliphatic heterocycles. The fraction of sp³-hybridized carbons (Fsp3) is 0.538. The molecule has 1 aliphatic rings. The van der Waals surface area contributed by atoms with Crippen molar-refractivity contribution in [3.05, 3.63) is 29.6 Å². The van der Waals surface area contributed by atoms with Crippen LogP contribution in [0.4, 0.5) is 13.2 Å². The average Bonchev–Trinajstić information content (AvgIpc) is 2.37. The van der Waals surface area contributed by atoms with E-state index in [4.69, 9.17) is 0 Å². The van der Waals surface area contributed by atoms with Crippen molar-refractivity contribution in [2.45, 2.75) is 44.4 Å². The molecule has 0 radical (unpaired) electrons. The number of piperidine rings is 1. The topological polar surface area (TPSA) is 33.2 Å². The molecule has 2 rings (SSSR count). The minimum Gasteiger partial charge on any atom is -0.334 e. The van der Waals surface area contributed by atoms with Crippen LogP contribution in [0, 0.1) is 0 Å². The third-order valence-electron chi connectivity index (χ3n) is 3.55. The van der Waals surface area contributed by atoms with E-state index in [9.17, 15) is 18.0 Å². The molecular weight excluding hydrogens is 257 g/mol. The molecule has 2 heterocycles. The highest BCUT2D eigenvalue weighted by Crippen LogP contribution is 2.34. The second-order valence-corrected chi connectivity index (χ2v) is 4.82. The maximum Gasteiger partial charge on any atom is 0.417 e. The van der Waals surface area contributed by atoms with E-state index >= 15 is 0 Å². The van der Waals surface area contributed by atoms with Gasteiger partial charge in [-0.1, -0.05) is 0 Å². The van der Waals surface area contributed by atoms with E-state index in [1.165, 1.54) is 6.07 Å². The van der Waals surface area contributed by atoms with Crippen LogP contribution in [0.5, 0.6) is 0 Å². The number of aromatic nitrogens is 1. The molecule has 0 aromatic carbocycles. The monoisotopic (exact) mass is 272 g/mol. The molecule has 1 amide bonds.